The average Bonchev–Trinajstić information content (AvgIpc) is 2.49. The van der Waals surface area contributed by atoms with E-state index in [1.54, 1.807) is 0 Å². The van der Waals surface area contributed by atoms with Crippen molar-refractivity contribution in [3.63, 3.8) is 0 Å². The Labute approximate surface area is 114 Å². The first-order valence-corrected chi connectivity index (χ1v) is 6.99. The molecule has 1 unspecified atom stereocenters. The highest BCUT2D eigenvalue weighted by molar-refractivity contribution is 5.32. The summed E-state index contributed by atoms with van der Waals surface area (Å²) >= 11 is 0. The van der Waals surface area contributed by atoms with Crippen molar-refractivity contribution in [2.24, 2.45) is 0 Å². The predicted molar refractivity (Wildman–Crippen MR) is 79.0 cm³/mol. The maximum atomic E-state index is 3.60. The zero-order chi connectivity index (χ0) is 12.9. The summed E-state index contributed by atoms with van der Waals surface area (Å²) in [6, 6.07) is 19.8. The van der Waals surface area contributed by atoms with Crippen LogP contribution in [-0.2, 0) is 13.0 Å². The van der Waals surface area contributed by atoms with E-state index in [2.05, 4.69) is 65.2 Å². The van der Waals surface area contributed by atoms with E-state index >= 15 is 0 Å². The second-order valence-electron chi connectivity index (χ2n) is 5.07. The summed E-state index contributed by atoms with van der Waals surface area (Å²) < 4.78 is 0. The topological polar surface area (TPSA) is 24.1 Å². The van der Waals surface area contributed by atoms with E-state index in [0.717, 1.165) is 26.1 Å². The van der Waals surface area contributed by atoms with Gasteiger partial charge in [-0.1, -0.05) is 54.6 Å². The smallest absolute Gasteiger partial charge is 0.0449 e. The summed E-state index contributed by atoms with van der Waals surface area (Å²) in [6.07, 6.45) is 1.14. The molecule has 0 aliphatic carbocycles. The van der Waals surface area contributed by atoms with Crippen molar-refractivity contribution in [2.75, 3.05) is 13.1 Å². The van der Waals surface area contributed by atoms with E-state index in [4.69, 9.17) is 0 Å². The summed E-state index contributed by atoms with van der Waals surface area (Å²) in [5.74, 6) is 0. The minimum Gasteiger partial charge on any atom is -0.311 e. The molecule has 2 aromatic rings. The molecule has 2 N–H and O–H groups in total. The first-order chi connectivity index (χ1) is 9.43. The fraction of sp³-hybridized carbons (Fsp3) is 0.294. The Bertz CT molecular complexity index is 522. The molecular weight excluding hydrogens is 232 g/mol. The molecule has 2 aromatic carbocycles. The van der Waals surface area contributed by atoms with Gasteiger partial charge in [0, 0.05) is 19.1 Å². The normalized spacial score (nSPS) is 18.0. The summed E-state index contributed by atoms with van der Waals surface area (Å²) in [7, 11) is 0. The van der Waals surface area contributed by atoms with Crippen LogP contribution in [0.3, 0.4) is 0 Å². The minimum absolute atomic E-state index is 0.439. The van der Waals surface area contributed by atoms with E-state index in [1.165, 1.54) is 16.7 Å². The van der Waals surface area contributed by atoms with Crippen LogP contribution < -0.4 is 10.6 Å². The second-order valence-corrected chi connectivity index (χ2v) is 5.07. The first-order valence-electron chi connectivity index (χ1n) is 6.99. The molecular formula is C17H20N2. The van der Waals surface area contributed by atoms with Gasteiger partial charge in [-0.3, -0.25) is 0 Å². The Morgan fingerprint density at radius 1 is 1.00 bits per heavy atom. The third kappa shape index (κ3) is 3.03. The van der Waals surface area contributed by atoms with E-state index in [1.807, 2.05) is 0 Å². The van der Waals surface area contributed by atoms with Crippen LogP contribution in [0.4, 0.5) is 0 Å². The zero-order valence-corrected chi connectivity index (χ0v) is 11.1. The van der Waals surface area contributed by atoms with Gasteiger partial charge in [-0.05, 0) is 29.7 Å². The van der Waals surface area contributed by atoms with Crippen LogP contribution in [0.1, 0.15) is 22.7 Å². The third-order valence-corrected chi connectivity index (χ3v) is 3.74. The Morgan fingerprint density at radius 3 is 2.68 bits per heavy atom. The van der Waals surface area contributed by atoms with Gasteiger partial charge in [0.2, 0.25) is 0 Å². The Balaban J connectivity index is 1.59. The number of nitrogens with one attached hydrogen (secondary N) is 2. The lowest BCUT2D eigenvalue weighted by Gasteiger charge is -2.27. The largest absolute Gasteiger partial charge is 0.311 e. The molecule has 1 atom stereocenters. The molecule has 98 valence electrons. The second kappa shape index (κ2) is 6.00. The fourth-order valence-corrected chi connectivity index (χ4v) is 2.73. The van der Waals surface area contributed by atoms with Gasteiger partial charge >= 0.3 is 0 Å². The van der Waals surface area contributed by atoms with Gasteiger partial charge in [-0.15, -0.1) is 0 Å². The summed E-state index contributed by atoms with van der Waals surface area (Å²) in [5.41, 5.74) is 4.29. The lowest BCUT2D eigenvalue weighted by molar-refractivity contribution is 0.468. The fourth-order valence-electron chi connectivity index (χ4n) is 2.73. The van der Waals surface area contributed by atoms with Crippen LogP contribution in [-0.4, -0.2) is 13.1 Å². The van der Waals surface area contributed by atoms with Gasteiger partial charge in [-0.2, -0.15) is 0 Å². The molecule has 2 nitrogen and oxygen atoms in total. The van der Waals surface area contributed by atoms with Crippen molar-refractivity contribution >= 4 is 0 Å². The highest BCUT2D eigenvalue weighted by Crippen LogP contribution is 2.21. The number of hydrogen-bond acceptors (Lipinski definition) is 2. The van der Waals surface area contributed by atoms with Crippen molar-refractivity contribution in [3.05, 3.63) is 71.3 Å². The van der Waals surface area contributed by atoms with E-state index in [9.17, 15) is 0 Å². The number of fused-ring (bicyclic) bond motifs is 1. The van der Waals surface area contributed by atoms with E-state index < -0.39 is 0 Å². The van der Waals surface area contributed by atoms with Crippen molar-refractivity contribution in [3.8, 4) is 0 Å². The van der Waals surface area contributed by atoms with Crippen molar-refractivity contribution in [1.82, 2.24) is 10.6 Å². The Hall–Kier alpha value is -1.64. The molecule has 0 aromatic heterocycles. The molecule has 0 fully saturated rings. The van der Waals surface area contributed by atoms with Crippen LogP contribution in [0.15, 0.2) is 54.6 Å². The Morgan fingerprint density at radius 2 is 1.79 bits per heavy atom. The lowest BCUT2D eigenvalue weighted by Crippen LogP contribution is -2.36. The Kier molecular flexibility index (Phi) is 3.92. The standard InChI is InChI=1S/C17H20N2/c1-2-6-14(7-3-1)12-18-13-17-16-9-5-4-8-15(16)10-11-19-17/h1-9,17-19H,10-13H2. The molecule has 1 aliphatic rings. The molecule has 0 saturated heterocycles. The molecule has 1 heterocycles. The summed E-state index contributed by atoms with van der Waals surface area (Å²) in [6.45, 7) is 2.99. The van der Waals surface area contributed by atoms with Gasteiger partial charge in [-0.25, -0.2) is 0 Å². The van der Waals surface area contributed by atoms with Crippen LogP contribution in [0.25, 0.3) is 0 Å². The minimum atomic E-state index is 0.439. The third-order valence-electron chi connectivity index (χ3n) is 3.74. The first kappa shape index (κ1) is 12.4. The zero-order valence-electron chi connectivity index (χ0n) is 11.1. The lowest BCUT2D eigenvalue weighted by atomic mass is 9.94. The van der Waals surface area contributed by atoms with Crippen LogP contribution in [0, 0.1) is 0 Å². The molecule has 19 heavy (non-hydrogen) atoms. The van der Waals surface area contributed by atoms with Crippen molar-refractivity contribution in [2.45, 2.75) is 19.0 Å². The molecule has 0 bridgehead atoms. The number of hydrogen-bond donors (Lipinski definition) is 2. The molecule has 0 radical (unpaired) electrons. The van der Waals surface area contributed by atoms with Gasteiger partial charge in [0.25, 0.3) is 0 Å². The van der Waals surface area contributed by atoms with E-state index in [0.29, 0.717) is 6.04 Å². The highest BCUT2D eigenvalue weighted by atomic mass is 15.0. The van der Waals surface area contributed by atoms with Gasteiger partial charge in [0.1, 0.15) is 0 Å². The van der Waals surface area contributed by atoms with Gasteiger partial charge in [0.05, 0.1) is 0 Å². The monoisotopic (exact) mass is 252 g/mol. The van der Waals surface area contributed by atoms with Crippen LogP contribution in [0.2, 0.25) is 0 Å². The van der Waals surface area contributed by atoms with Gasteiger partial charge in [0.15, 0.2) is 0 Å². The van der Waals surface area contributed by atoms with Crippen LogP contribution >= 0.6 is 0 Å². The SMILES string of the molecule is c1ccc(CNCC2NCCc3ccccc32)cc1. The molecule has 0 spiro atoms. The molecule has 0 amide bonds. The van der Waals surface area contributed by atoms with E-state index in [-0.39, 0.29) is 0 Å². The van der Waals surface area contributed by atoms with Crippen molar-refractivity contribution < 1.29 is 0 Å². The van der Waals surface area contributed by atoms with Crippen LogP contribution in [0.5, 0.6) is 0 Å². The molecule has 3 rings (SSSR count). The van der Waals surface area contributed by atoms with Crippen molar-refractivity contribution in [1.29, 1.82) is 0 Å². The maximum Gasteiger partial charge on any atom is 0.0449 e. The number of rotatable bonds is 4. The summed E-state index contributed by atoms with van der Waals surface area (Å²) in [5, 5.41) is 7.15. The average molecular weight is 252 g/mol. The predicted octanol–water partition coefficient (Wildman–Crippen LogP) is 2.66. The summed E-state index contributed by atoms with van der Waals surface area (Å²) in [4.78, 5) is 0. The quantitative estimate of drug-likeness (QED) is 0.874. The maximum absolute atomic E-state index is 3.60. The highest BCUT2D eigenvalue weighted by Gasteiger charge is 2.18. The number of benzene rings is 2. The molecule has 2 heteroatoms. The molecule has 0 saturated carbocycles. The van der Waals surface area contributed by atoms with Gasteiger partial charge < -0.3 is 10.6 Å². The molecule has 1 aliphatic heterocycles.